The average molecular weight is 462 g/mol. The smallest absolute Gasteiger partial charge is 0.258 e. The summed E-state index contributed by atoms with van der Waals surface area (Å²) in [6.07, 6.45) is 12.6. The molecule has 5 nitrogen and oxygen atoms in total. The van der Waals surface area contributed by atoms with Gasteiger partial charge in [0.1, 0.15) is 12.4 Å². The Labute approximate surface area is 199 Å². The normalized spacial score (nSPS) is 15.8. The molecule has 3 aromatic rings. The van der Waals surface area contributed by atoms with Crippen LogP contribution in [0.5, 0.6) is 5.75 Å². The minimum atomic E-state index is -0.0938. The molecule has 0 saturated heterocycles. The molecule has 1 aromatic carbocycles. The van der Waals surface area contributed by atoms with Crippen LogP contribution in [0.1, 0.15) is 54.5 Å². The van der Waals surface area contributed by atoms with Gasteiger partial charge < -0.3 is 10.1 Å². The van der Waals surface area contributed by atoms with Gasteiger partial charge in [-0.3, -0.25) is 14.3 Å². The van der Waals surface area contributed by atoms with Crippen molar-refractivity contribution in [3.8, 4) is 5.75 Å². The van der Waals surface area contributed by atoms with E-state index < -0.39 is 0 Å². The monoisotopic (exact) mass is 461 g/mol. The van der Waals surface area contributed by atoms with E-state index in [9.17, 15) is 4.79 Å². The number of pyridine rings is 2. The van der Waals surface area contributed by atoms with Crippen molar-refractivity contribution in [2.24, 2.45) is 0 Å². The summed E-state index contributed by atoms with van der Waals surface area (Å²) in [5.41, 5.74) is 5.56. The van der Waals surface area contributed by atoms with Gasteiger partial charge in [-0.1, -0.05) is 42.6 Å². The maximum Gasteiger partial charge on any atom is 0.258 e. The molecule has 0 unspecified atom stereocenters. The van der Waals surface area contributed by atoms with Crippen LogP contribution in [-0.2, 0) is 19.6 Å². The second-order valence-corrected chi connectivity index (χ2v) is 9.29. The Balaban J connectivity index is 1.25. The number of nitrogens with zero attached hydrogens (tertiary/aromatic N) is 2. The molecule has 5 rings (SSSR count). The third-order valence-electron chi connectivity index (χ3n) is 6.51. The number of aromatic nitrogens is 2. The van der Waals surface area contributed by atoms with Gasteiger partial charge in [-0.25, -0.2) is 0 Å². The average Bonchev–Trinajstić information content (AvgIpc) is 3.36. The van der Waals surface area contributed by atoms with Crippen molar-refractivity contribution in [3.05, 3.63) is 92.6 Å². The first kappa shape index (κ1) is 21.9. The lowest BCUT2D eigenvalue weighted by Gasteiger charge is -2.20. The number of rotatable bonds is 7. The molecular formula is C27H28ClN3O2. The molecule has 2 aliphatic carbocycles. The molecule has 2 aromatic heterocycles. The summed E-state index contributed by atoms with van der Waals surface area (Å²) >= 11 is 5.86. The molecule has 6 heteroatoms. The lowest BCUT2D eigenvalue weighted by atomic mass is 9.93. The Morgan fingerprint density at radius 1 is 1.09 bits per heavy atom. The second kappa shape index (κ2) is 9.94. The van der Waals surface area contributed by atoms with Gasteiger partial charge in [-0.2, -0.15) is 0 Å². The summed E-state index contributed by atoms with van der Waals surface area (Å²) in [6.45, 7) is 1.22. The zero-order valence-corrected chi connectivity index (χ0v) is 19.4. The number of benzene rings is 1. The molecule has 0 amide bonds. The zero-order valence-electron chi connectivity index (χ0n) is 18.6. The standard InChI is InChI=1S/C27H28ClN3O2/c28-22-8-9-24(30-17-22)18-33-26-11-12-31(27(32)15-26)25-10-7-20-13-19(5-6-21(20)14-25)16-29-23-3-1-2-4-23/h5-6,8-9,11-15,17,23,29H,1-4,7,10,16,18H2. The van der Waals surface area contributed by atoms with Crippen LogP contribution < -0.4 is 15.6 Å². The number of aryl methyl sites for hydroxylation is 1. The van der Waals surface area contributed by atoms with Crippen molar-refractivity contribution in [1.29, 1.82) is 0 Å². The summed E-state index contributed by atoms with van der Waals surface area (Å²) in [5, 5.41) is 4.28. The predicted molar refractivity (Wildman–Crippen MR) is 132 cm³/mol. The molecule has 0 radical (unpaired) electrons. The van der Waals surface area contributed by atoms with E-state index >= 15 is 0 Å². The maximum absolute atomic E-state index is 12.8. The third kappa shape index (κ3) is 5.37. The zero-order chi connectivity index (χ0) is 22.6. The Morgan fingerprint density at radius 2 is 1.97 bits per heavy atom. The van der Waals surface area contributed by atoms with Crippen molar-refractivity contribution < 1.29 is 4.74 Å². The van der Waals surface area contributed by atoms with Gasteiger partial charge >= 0.3 is 0 Å². The van der Waals surface area contributed by atoms with E-state index in [1.807, 2.05) is 12.1 Å². The SMILES string of the molecule is O=c1cc(OCc2ccc(Cl)cn2)ccn1C1=Cc2ccc(CNC3CCCC3)cc2CC1. The number of allylic oxidation sites excluding steroid dienone is 1. The summed E-state index contributed by atoms with van der Waals surface area (Å²) < 4.78 is 7.45. The molecule has 2 heterocycles. The fourth-order valence-corrected chi connectivity index (χ4v) is 4.77. The molecule has 1 fully saturated rings. The lowest BCUT2D eigenvalue weighted by molar-refractivity contribution is 0.300. The Kier molecular flexibility index (Phi) is 6.60. The molecule has 0 atom stereocenters. The summed E-state index contributed by atoms with van der Waals surface area (Å²) in [7, 11) is 0. The van der Waals surface area contributed by atoms with Crippen LogP contribution in [0.2, 0.25) is 5.02 Å². The number of ether oxygens (including phenoxy) is 1. The minimum Gasteiger partial charge on any atom is -0.487 e. The number of nitrogens with one attached hydrogen (secondary N) is 1. The van der Waals surface area contributed by atoms with Crippen LogP contribution in [0, 0.1) is 0 Å². The molecular weight excluding hydrogens is 434 g/mol. The Bertz CT molecular complexity index is 1210. The predicted octanol–water partition coefficient (Wildman–Crippen LogP) is 5.45. The number of fused-ring (bicyclic) bond motifs is 1. The van der Waals surface area contributed by atoms with Gasteiger partial charge in [0.25, 0.3) is 5.56 Å². The van der Waals surface area contributed by atoms with E-state index in [1.54, 1.807) is 23.0 Å². The van der Waals surface area contributed by atoms with Gasteiger partial charge in [-0.15, -0.1) is 0 Å². The highest BCUT2D eigenvalue weighted by molar-refractivity contribution is 6.30. The number of hydrogen-bond acceptors (Lipinski definition) is 4. The second-order valence-electron chi connectivity index (χ2n) is 8.86. The first-order chi connectivity index (χ1) is 16.1. The lowest BCUT2D eigenvalue weighted by Crippen LogP contribution is -2.25. The number of halogens is 1. The molecule has 0 aliphatic heterocycles. The highest BCUT2D eigenvalue weighted by Crippen LogP contribution is 2.27. The van der Waals surface area contributed by atoms with E-state index in [-0.39, 0.29) is 12.2 Å². The van der Waals surface area contributed by atoms with E-state index in [4.69, 9.17) is 16.3 Å². The molecule has 1 saturated carbocycles. The fraction of sp³-hybridized carbons (Fsp3) is 0.333. The van der Waals surface area contributed by atoms with Crippen molar-refractivity contribution >= 4 is 23.4 Å². The summed E-state index contributed by atoms with van der Waals surface area (Å²) in [4.78, 5) is 17.0. The van der Waals surface area contributed by atoms with E-state index in [0.29, 0.717) is 16.8 Å². The van der Waals surface area contributed by atoms with Crippen molar-refractivity contribution in [1.82, 2.24) is 14.9 Å². The first-order valence-electron chi connectivity index (χ1n) is 11.7. The van der Waals surface area contributed by atoms with Gasteiger partial charge in [0.15, 0.2) is 0 Å². The largest absolute Gasteiger partial charge is 0.487 e. The van der Waals surface area contributed by atoms with E-state index in [0.717, 1.165) is 30.8 Å². The van der Waals surface area contributed by atoms with Crippen LogP contribution in [0.4, 0.5) is 0 Å². The van der Waals surface area contributed by atoms with Gasteiger partial charge in [0.05, 0.1) is 10.7 Å². The molecule has 1 N–H and O–H groups in total. The quantitative estimate of drug-likeness (QED) is 0.508. The molecule has 0 spiro atoms. The highest BCUT2D eigenvalue weighted by Gasteiger charge is 2.16. The van der Waals surface area contributed by atoms with Crippen LogP contribution >= 0.6 is 11.6 Å². The van der Waals surface area contributed by atoms with Crippen LogP contribution in [-0.4, -0.2) is 15.6 Å². The molecule has 2 aliphatic rings. The number of hydrogen-bond donors (Lipinski definition) is 1. The van der Waals surface area contributed by atoms with Crippen LogP contribution in [0.3, 0.4) is 0 Å². The topological polar surface area (TPSA) is 56.1 Å². The Hall–Kier alpha value is -2.89. The highest BCUT2D eigenvalue weighted by atomic mass is 35.5. The molecule has 0 bridgehead atoms. The molecule has 33 heavy (non-hydrogen) atoms. The van der Waals surface area contributed by atoms with Crippen LogP contribution in [0.15, 0.2) is 59.7 Å². The summed E-state index contributed by atoms with van der Waals surface area (Å²) in [5.74, 6) is 0.532. The molecule has 170 valence electrons. The van der Waals surface area contributed by atoms with E-state index in [1.165, 1.54) is 48.4 Å². The maximum atomic E-state index is 12.8. The van der Waals surface area contributed by atoms with E-state index in [2.05, 4.69) is 34.6 Å². The Morgan fingerprint density at radius 3 is 2.76 bits per heavy atom. The van der Waals surface area contributed by atoms with Gasteiger partial charge in [0, 0.05) is 36.7 Å². The summed E-state index contributed by atoms with van der Waals surface area (Å²) in [6, 6.07) is 14.3. The van der Waals surface area contributed by atoms with Crippen molar-refractivity contribution in [2.45, 2.75) is 57.7 Å². The van der Waals surface area contributed by atoms with Gasteiger partial charge in [0.2, 0.25) is 0 Å². The third-order valence-corrected chi connectivity index (χ3v) is 6.73. The fourth-order valence-electron chi connectivity index (χ4n) is 4.66. The van der Waals surface area contributed by atoms with Crippen molar-refractivity contribution in [3.63, 3.8) is 0 Å². The van der Waals surface area contributed by atoms with Crippen LogP contribution in [0.25, 0.3) is 11.8 Å². The van der Waals surface area contributed by atoms with Crippen molar-refractivity contribution in [2.75, 3.05) is 0 Å². The van der Waals surface area contributed by atoms with Gasteiger partial charge in [-0.05, 0) is 66.6 Å². The first-order valence-corrected chi connectivity index (χ1v) is 12.0. The minimum absolute atomic E-state index is 0.0938.